The Kier molecular flexibility index (Phi) is 19.7. The van der Waals surface area contributed by atoms with Gasteiger partial charge in [-0.25, -0.2) is 4.79 Å². The first-order chi connectivity index (χ1) is 25.4. The molecule has 54 heavy (non-hydrogen) atoms. The number of aliphatic imine (C=N–C) groups is 1. The van der Waals surface area contributed by atoms with Gasteiger partial charge < -0.3 is 70.2 Å². The SMILES string of the molecule is C[C@H](NC(=O)[C@H](CCCN=C(N)N)NC(=O)[C@H](Cc1ccccc1)NC(=O)[C@H](CC(N)=O)NC(=O)CN)C(=O)N[C@@H](CO)C(=O)N[C@@H](CC(=O)O)C(=O)O. The quantitative estimate of drug-likeness (QED) is 0.0264. The largest absolute Gasteiger partial charge is 0.481 e. The molecule has 0 bridgehead atoms. The molecule has 0 aromatic heterocycles. The molecule has 0 aliphatic heterocycles. The van der Waals surface area contributed by atoms with Crippen LogP contribution in [0.2, 0.25) is 0 Å². The zero-order valence-corrected chi connectivity index (χ0v) is 29.3. The van der Waals surface area contributed by atoms with Gasteiger partial charge in [0.05, 0.1) is 26.0 Å². The zero-order chi connectivity index (χ0) is 41.0. The van der Waals surface area contributed by atoms with E-state index in [1.807, 2.05) is 5.32 Å². The van der Waals surface area contributed by atoms with Gasteiger partial charge in [-0.3, -0.25) is 43.3 Å². The number of nitrogens with zero attached hydrogens (tertiary/aromatic N) is 1. The highest BCUT2D eigenvalue weighted by Crippen LogP contribution is 2.07. The van der Waals surface area contributed by atoms with Crippen LogP contribution in [0.3, 0.4) is 0 Å². The van der Waals surface area contributed by atoms with E-state index in [4.69, 9.17) is 28.0 Å². The van der Waals surface area contributed by atoms with E-state index in [1.54, 1.807) is 30.3 Å². The van der Waals surface area contributed by atoms with Gasteiger partial charge in [0.15, 0.2) is 5.96 Å². The van der Waals surface area contributed by atoms with Crippen LogP contribution >= 0.6 is 0 Å². The average molecular weight is 766 g/mol. The van der Waals surface area contributed by atoms with Crippen molar-refractivity contribution in [2.75, 3.05) is 19.7 Å². The molecule has 0 aliphatic carbocycles. The van der Waals surface area contributed by atoms with Crippen molar-refractivity contribution in [2.45, 2.75) is 75.3 Å². The van der Waals surface area contributed by atoms with Crippen molar-refractivity contribution in [3.05, 3.63) is 35.9 Å². The summed E-state index contributed by atoms with van der Waals surface area (Å²) in [5.74, 6) is -10.3. The summed E-state index contributed by atoms with van der Waals surface area (Å²) in [5.41, 5.74) is 21.9. The molecular formula is C31H47N11O12. The molecule has 1 aromatic carbocycles. The lowest BCUT2D eigenvalue weighted by Crippen LogP contribution is -2.60. The van der Waals surface area contributed by atoms with Gasteiger partial charge in [-0.15, -0.1) is 0 Å². The van der Waals surface area contributed by atoms with Gasteiger partial charge in [-0.2, -0.15) is 0 Å². The number of aliphatic hydroxyl groups is 1. The minimum absolute atomic E-state index is 0.0182. The number of nitrogens with two attached hydrogens (primary N) is 4. The Morgan fingerprint density at radius 3 is 1.76 bits per heavy atom. The maximum absolute atomic E-state index is 13.7. The minimum atomic E-state index is -1.88. The van der Waals surface area contributed by atoms with Crippen molar-refractivity contribution in [3.8, 4) is 0 Å². The second-order valence-corrected chi connectivity index (χ2v) is 11.7. The Bertz CT molecular complexity index is 1540. The molecule has 298 valence electrons. The highest BCUT2D eigenvalue weighted by molar-refractivity contribution is 5.98. The van der Waals surface area contributed by atoms with E-state index in [0.29, 0.717) is 5.56 Å². The normalized spacial score (nSPS) is 13.9. The lowest BCUT2D eigenvalue weighted by atomic mass is 10.0. The number of carbonyl (C=O) groups excluding carboxylic acids is 7. The van der Waals surface area contributed by atoms with Crippen LogP contribution in [0.5, 0.6) is 0 Å². The van der Waals surface area contributed by atoms with Crippen molar-refractivity contribution in [3.63, 3.8) is 0 Å². The second kappa shape index (κ2) is 23.3. The molecule has 1 rings (SSSR count). The van der Waals surface area contributed by atoms with Gasteiger partial charge in [0, 0.05) is 13.0 Å². The molecule has 0 fully saturated rings. The topological polar surface area (TPSA) is 403 Å². The predicted molar refractivity (Wildman–Crippen MR) is 187 cm³/mol. The summed E-state index contributed by atoms with van der Waals surface area (Å²) in [7, 11) is 0. The maximum Gasteiger partial charge on any atom is 0.326 e. The fourth-order valence-corrected chi connectivity index (χ4v) is 4.56. The number of aliphatic hydroxyl groups excluding tert-OH is 1. The minimum Gasteiger partial charge on any atom is -0.481 e. The smallest absolute Gasteiger partial charge is 0.326 e. The van der Waals surface area contributed by atoms with Gasteiger partial charge >= 0.3 is 11.9 Å². The number of carboxylic acids is 2. The molecule has 0 spiro atoms. The van der Waals surface area contributed by atoms with Gasteiger partial charge in [0.2, 0.25) is 41.4 Å². The van der Waals surface area contributed by atoms with Gasteiger partial charge in [-0.05, 0) is 25.3 Å². The van der Waals surface area contributed by atoms with E-state index in [1.165, 1.54) is 6.92 Å². The van der Waals surface area contributed by atoms with Crippen LogP contribution in [0.1, 0.15) is 38.2 Å². The van der Waals surface area contributed by atoms with Crippen LogP contribution in [0.4, 0.5) is 0 Å². The van der Waals surface area contributed by atoms with Gasteiger partial charge in [0.1, 0.15) is 36.3 Å². The summed E-state index contributed by atoms with van der Waals surface area (Å²) in [6.45, 7) is -0.346. The summed E-state index contributed by atoms with van der Waals surface area (Å²) in [6.07, 6.45) is -1.76. The summed E-state index contributed by atoms with van der Waals surface area (Å²) in [6, 6.07) is -1.03. The monoisotopic (exact) mass is 765 g/mol. The molecule has 1 aromatic rings. The van der Waals surface area contributed by atoms with Crippen LogP contribution in [0, 0.1) is 0 Å². The molecule has 0 radical (unpaired) electrons. The maximum atomic E-state index is 13.7. The number of rotatable bonds is 24. The first kappa shape index (κ1) is 45.7. The number of guanidine groups is 1. The second-order valence-electron chi connectivity index (χ2n) is 11.7. The number of hydrogen-bond acceptors (Lipinski definition) is 12. The molecule has 17 N–H and O–H groups in total. The number of hydrogen-bond donors (Lipinski definition) is 13. The molecule has 23 nitrogen and oxygen atoms in total. The summed E-state index contributed by atoms with van der Waals surface area (Å²) < 4.78 is 0. The van der Waals surface area contributed by atoms with Crippen LogP contribution in [-0.4, -0.2) is 131 Å². The Morgan fingerprint density at radius 2 is 1.22 bits per heavy atom. The Morgan fingerprint density at radius 1 is 0.685 bits per heavy atom. The third kappa shape index (κ3) is 17.2. The molecule has 6 atom stereocenters. The number of carboxylic acid groups (broad SMARTS) is 2. The van der Waals surface area contributed by atoms with E-state index >= 15 is 0 Å². The Labute approximate surface area is 308 Å². The molecule has 0 saturated carbocycles. The van der Waals surface area contributed by atoms with Crippen LogP contribution in [0.15, 0.2) is 35.3 Å². The fraction of sp³-hybridized carbons (Fsp3) is 0.484. The van der Waals surface area contributed by atoms with E-state index in [2.05, 4.69) is 31.6 Å². The van der Waals surface area contributed by atoms with E-state index in [-0.39, 0.29) is 31.8 Å². The summed E-state index contributed by atoms with van der Waals surface area (Å²) >= 11 is 0. The number of amides is 7. The molecule has 0 heterocycles. The molecule has 0 saturated heterocycles. The third-order valence-corrected chi connectivity index (χ3v) is 7.30. The predicted octanol–water partition coefficient (Wildman–Crippen LogP) is -6.40. The van der Waals surface area contributed by atoms with Crippen LogP contribution < -0.4 is 54.8 Å². The summed E-state index contributed by atoms with van der Waals surface area (Å²) in [4.78, 5) is 116. The highest BCUT2D eigenvalue weighted by atomic mass is 16.4. The van der Waals surface area contributed by atoms with Crippen molar-refractivity contribution < 1.29 is 58.5 Å². The van der Waals surface area contributed by atoms with Gasteiger partial charge in [-0.1, -0.05) is 30.3 Å². The standard InChI is InChI=1S/C31H47N11O12/c1-15(25(48)42-21(14-43)29(52)41-20(30(53)54)12-24(46)47)37-26(49)17(8-5-9-36-31(34)35)39-27(50)18(10-16-6-3-2-4-7-16)40-28(51)19(11-22(33)44)38-23(45)13-32/h2-4,6-7,15,17-21,43H,5,8-14,32H2,1H3,(H2,33,44)(H,37,49)(H,38,45)(H,39,50)(H,40,51)(H,41,52)(H,42,48)(H,46,47)(H,53,54)(H4,34,35,36)/t15-,17-,18-,19-,20-,21-/m0/s1. The van der Waals surface area contributed by atoms with Crippen molar-refractivity contribution >= 4 is 59.2 Å². The first-order valence-corrected chi connectivity index (χ1v) is 16.3. The molecule has 0 aliphatic rings. The summed E-state index contributed by atoms with van der Waals surface area (Å²) in [5, 5.41) is 41.3. The van der Waals surface area contributed by atoms with Crippen LogP contribution in [-0.2, 0) is 49.6 Å². The lowest BCUT2D eigenvalue weighted by molar-refractivity contribution is -0.147. The van der Waals surface area contributed by atoms with Gasteiger partial charge in [0.25, 0.3) is 0 Å². The zero-order valence-electron chi connectivity index (χ0n) is 29.3. The molecular weight excluding hydrogens is 718 g/mol. The van der Waals surface area contributed by atoms with Crippen molar-refractivity contribution in [2.24, 2.45) is 27.9 Å². The Balaban J connectivity index is 3.26. The molecule has 7 amide bonds. The highest BCUT2D eigenvalue weighted by Gasteiger charge is 2.33. The molecule has 23 heteroatoms. The number of primary amides is 1. The molecule has 0 unspecified atom stereocenters. The fourth-order valence-electron chi connectivity index (χ4n) is 4.56. The number of benzene rings is 1. The average Bonchev–Trinajstić information content (AvgIpc) is 3.10. The van der Waals surface area contributed by atoms with E-state index < -0.39 is 116 Å². The third-order valence-electron chi connectivity index (χ3n) is 7.30. The van der Waals surface area contributed by atoms with Crippen molar-refractivity contribution in [1.82, 2.24) is 31.9 Å². The Hall–Kier alpha value is -6.36. The van der Waals surface area contributed by atoms with E-state index in [0.717, 1.165) is 0 Å². The number of nitrogens with one attached hydrogen (secondary N) is 6. The number of carbonyl (C=O) groups is 9. The first-order valence-electron chi connectivity index (χ1n) is 16.3. The number of aliphatic carboxylic acids is 2. The lowest BCUT2D eigenvalue weighted by Gasteiger charge is -2.26. The van der Waals surface area contributed by atoms with Crippen molar-refractivity contribution in [1.29, 1.82) is 0 Å². The van der Waals surface area contributed by atoms with Crippen LogP contribution in [0.25, 0.3) is 0 Å². The van der Waals surface area contributed by atoms with E-state index in [9.17, 15) is 53.4 Å².